The summed E-state index contributed by atoms with van der Waals surface area (Å²) in [5.41, 5.74) is 3.13. The second kappa shape index (κ2) is 7.08. The summed E-state index contributed by atoms with van der Waals surface area (Å²) in [6, 6.07) is 6.14. The molecule has 0 heterocycles. The quantitative estimate of drug-likeness (QED) is 0.304. The van der Waals surface area contributed by atoms with E-state index in [0.29, 0.717) is 9.13 Å². The van der Waals surface area contributed by atoms with Gasteiger partial charge in [0.25, 0.3) is 0 Å². The molecular weight excluding hydrogens is 460 g/mol. The predicted molar refractivity (Wildman–Crippen MR) is 86.9 cm³/mol. The summed E-state index contributed by atoms with van der Waals surface area (Å²) in [6.07, 6.45) is 0.00917. The van der Waals surface area contributed by atoms with Crippen LogP contribution in [-0.2, 0) is 6.42 Å². The maximum Gasteiger partial charge on any atom is 0.143 e. The van der Waals surface area contributed by atoms with E-state index >= 15 is 0 Å². The first-order chi connectivity index (χ1) is 9.93. The average molecular weight is 471 g/mol. The summed E-state index contributed by atoms with van der Waals surface area (Å²) in [6.45, 7) is 0. The van der Waals surface area contributed by atoms with Crippen molar-refractivity contribution in [2.45, 2.75) is 12.5 Å². The van der Waals surface area contributed by atoms with Crippen molar-refractivity contribution in [3.8, 4) is 0 Å². The van der Waals surface area contributed by atoms with Gasteiger partial charge in [-0.1, -0.05) is 6.07 Å². The molecule has 7 heteroatoms. The highest BCUT2D eigenvalue weighted by Gasteiger charge is 2.20. The third-order valence-corrected chi connectivity index (χ3v) is 4.63. The monoisotopic (exact) mass is 470 g/mol. The first-order valence-electron chi connectivity index (χ1n) is 5.97. The Labute approximate surface area is 142 Å². The Morgan fingerprint density at radius 2 is 1.90 bits per heavy atom. The van der Waals surface area contributed by atoms with Crippen molar-refractivity contribution in [2.24, 2.45) is 5.84 Å². The van der Waals surface area contributed by atoms with E-state index < -0.39 is 17.7 Å². The largest absolute Gasteiger partial charge is 0.271 e. The van der Waals surface area contributed by atoms with Crippen molar-refractivity contribution in [2.75, 3.05) is 0 Å². The maximum absolute atomic E-state index is 14.0. The zero-order valence-corrected chi connectivity index (χ0v) is 14.4. The van der Waals surface area contributed by atoms with Crippen LogP contribution >= 0.6 is 38.5 Å². The molecule has 0 saturated carbocycles. The number of halogens is 5. The van der Waals surface area contributed by atoms with E-state index in [1.54, 1.807) is 6.07 Å². The van der Waals surface area contributed by atoms with Crippen molar-refractivity contribution in [1.82, 2.24) is 5.43 Å². The van der Waals surface area contributed by atoms with Gasteiger partial charge in [-0.15, -0.1) is 0 Å². The first-order valence-corrected chi connectivity index (χ1v) is 7.84. The average Bonchev–Trinajstić information content (AvgIpc) is 2.44. The van der Waals surface area contributed by atoms with Gasteiger partial charge in [0.15, 0.2) is 0 Å². The van der Waals surface area contributed by atoms with Crippen LogP contribution in [-0.4, -0.2) is 0 Å². The third kappa shape index (κ3) is 3.77. The number of hydrogen-bond donors (Lipinski definition) is 2. The summed E-state index contributed by atoms with van der Waals surface area (Å²) in [4.78, 5) is 0. The van der Waals surface area contributed by atoms with Crippen molar-refractivity contribution in [3.05, 3.63) is 67.0 Å². The fraction of sp³-hybridized carbons (Fsp3) is 0.143. The zero-order valence-electron chi connectivity index (χ0n) is 10.6. The zero-order chi connectivity index (χ0) is 15.6. The van der Waals surface area contributed by atoms with Crippen LogP contribution in [0.1, 0.15) is 17.2 Å². The maximum atomic E-state index is 14.0. The Balaban J connectivity index is 2.38. The van der Waals surface area contributed by atoms with E-state index in [4.69, 9.17) is 5.84 Å². The van der Waals surface area contributed by atoms with E-state index in [1.165, 1.54) is 24.3 Å². The number of nitrogens with one attached hydrogen (secondary N) is 1. The van der Waals surface area contributed by atoms with Gasteiger partial charge in [-0.3, -0.25) is 11.3 Å². The molecule has 0 amide bonds. The molecule has 0 radical (unpaired) electrons. The SMILES string of the molecule is NNC(Cc1c(F)ccc(Br)c1F)c1ccc(F)cc1I. The minimum absolute atomic E-state index is 0.00917. The third-order valence-electron chi connectivity index (χ3n) is 3.09. The fourth-order valence-electron chi connectivity index (χ4n) is 2.00. The molecule has 0 fully saturated rings. The van der Waals surface area contributed by atoms with Crippen molar-refractivity contribution in [3.63, 3.8) is 0 Å². The van der Waals surface area contributed by atoms with Gasteiger partial charge in [0.1, 0.15) is 17.5 Å². The lowest BCUT2D eigenvalue weighted by atomic mass is 9.98. The number of hydrazine groups is 1. The highest BCUT2D eigenvalue weighted by molar-refractivity contribution is 14.1. The van der Waals surface area contributed by atoms with E-state index in [-0.39, 0.29) is 22.3 Å². The normalized spacial score (nSPS) is 12.5. The van der Waals surface area contributed by atoms with Gasteiger partial charge in [0, 0.05) is 9.13 Å². The summed E-state index contributed by atoms with van der Waals surface area (Å²) < 4.78 is 41.8. The van der Waals surface area contributed by atoms with E-state index in [9.17, 15) is 13.2 Å². The van der Waals surface area contributed by atoms with Crippen LogP contribution in [0.5, 0.6) is 0 Å². The van der Waals surface area contributed by atoms with Crippen LogP contribution in [0.4, 0.5) is 13.2 Å². The molecule has 2 rings (SSSR count). The fourth-order valence-corrected chi connectivity index (χ4v) is 3.23. The van der Waals surface area contributed by atoms with E-state index in [0.717, 1.165) is 0 Å². The highest BCUT2D eigenvalue weighted by atomic mass is 127. The molecule has 0 saturated heterocycles. The number of nitrogens with two attached hydrogens (primary N) is 1. The van der Waals surface area contributed by atoms with Crippen molar-refractivity contribution >= 4 is 38.5 Å². The molecule has 1 unspecified atom stereocenters. The molecule has 21 heavy (non-hydrogen) atoms. The van der Waals surface area contributed by atoms with Crippen molar-refractivity contribution in [1.29, 1.82) is 0 Å². The lowest BCUT2D eigenvalue weighted by Gasteiger charge is -2.19. The van der Waals surface area contributed by atoms with Crippen LogP contribution in [0.15, 0.2) is 34.8 Å². The standard InChI is InChI=1S/C14H11BrF3IN2/c15-10-3-4-11(17)9(14(10)18)6-13(21-20)8-2-1-7(16)5-12(8)19/h1-5,13,21H,6,20H2. The van der Waals surface area contributed by atoms with Gasteiger partial charge in [0.05, 0.1) is 10.5 Å². The minimum Gasteiger partial charge on any atom is -0.271 e. The lowest BCUT2D eigenvalue weighted by molar-refractivity contribution is 0.496. The summed E-state index contributed by atoms with van der Waals surface area (Å²) in [5, 5.41) is 0. The molecular formula is C14H11BrF3IN2. The number of benzene rings is 2. The molecule has 3 N–H and O–H groups in total. The minimum atomic E-state index is -0.660. The Morgan fingerprint density at radius 3 is 2.52 bits per heavy atom. The van der Waals surface area contributed by atoms with Crippen LogP contribution in [0, 0.1) is 21.0 Å². The molecule has 0 bridgehead atoms. The van der Waals surface area contributed by atoms with Gasteiger partial charge in [-0.25, -0.2) is 13.2 Å². The summed E-state index contributed by atoms with van der Waals surface area (Å²) >= 11 is 4.99. The molecule has 2 nitrogen and oxygen atoms in total. The van der Waals surface area contributed by atoms with Crippen LogP contribution in [0.2, 0.25) is 0 Å². The smallest absolute Gasteiger partial charge is 0.143 e. The Morgan fingerprint density at radius 1 is 1.19 bits per heavy atom. The van der Waals surface area contributed by atoms with E-state index in [2.05, 4.69) is 21.4 Å². The van der Waals surface area contributed by atoms with Gasteiger partial charge in [0.2, 0.25) is 0 Å². The first kappa shape index (κ1) is 16.7. The van der Waals surface area contributed by atoms with Crippen LogP contribution in [0.3, 0.4) is 0 Å². The Hall–Kier alpha value is -0.640. The van der Waals surface area contributed by atoms with Crippen LogP contribution < -0.4 is 11.3 Å². The van der Waals surface area contributed by atoms with Crippen LogP contribution in [0.25, 0.3) is 0 Å². The Bertz CT molecular complexity index is 667. The molecule has 0 spiro atoms. The summed E-state index contributed by atoms with van der Waals surface area (Å²) in [7, 11) is 0. The predicted octanol–water partition coefficient (Wildman–Crippen LogP) is 4.22. The van der Waals surface area contributed by atoms with Gasteiger partial charge in [-0.2, -0.15) is 0 Å². The molecule has 0 aliphatic carbocycles. The number of rotatable bonds is 4. The second-order valence-electron chi connectivity index (χ2n) is 4.41. The number of hydrogen-bond acceptors (Lipinski definition) is 2. The van der Waals surface area contributed by atoms with Gasteiger partial charge < -0.3 is 0 Å². The van der Waals surface area contributed by atoms with Crippen molar-refractivity contribution < 1.29 is 13.2 Å². The van der Waals surface area contributed by atoms with Gasteiger partial charge in [-0.05, 0) is 74.8 Å². The highest BCUT2D eigenvalue weighted by Crippen LogP contribution is 2.28. The molecule has 2 aromatic rings. The molecule has 112 valence electrons. The molecule has 0 aromatic heterocycles. The van der Waals surface area contributed by atoms with Gasteiger partial charge >= 0.3 is 0 Å². The van der Waals surface area contributed by atoms with E-state index in [1.807, 2.05) is 22.6 Å². The second-order valence-corrected chi connectivity index (χ2v) is 6.43. The molecule has 2 aromatic carbocycles. The molecule has 0 aliphatic rings. The topological polar surface area (TPSA) is 38.0 Å². The molecule has 1 atom stereocenters. The summed E-state index contributed by atoms with van der Waals surface area (Å²) in [5.74, 6) is 3.81. The lowest BCUT2D eigenvalue weighted by Crippen LogP contribution is -2.30. The Kier molecular flexibility index (Phi) is 5.64. The molecule has 0 aliphatic heterocycles.